The Morgan fingerprint density at radius 3 is 2.60 bits per heavy atom. The summed E-state index contributed by atoms with van der Waals surface area (Å²) < 4.78 is 5.86. The molecule has 0 spiro atoms. The zero-order valence-corrected chi connectivity index (χ0v) is 24.7. The van der Waals surface area contributed by atoms with Gasteiger partial charge >= 0.3 is 6.03 Å². The first-order chi connectivity index (χ1) is 19.3. The number of amides is 3. The summed E-state index contributed by atoms with van der Waals surface area (Å²) in [5, 5.41) is 3.48. The molecular weight excluding hydrogens is 526 g/mol. The predicted molar refractivity (Wildman–Crippen MR) is 157 cm³/mol. The van der Waals surface area contributed by atoms with Gasteiger partial charge < -0.3 is 24.8 Å². The van der Waals surface area contributed by atoms with Gasteiger partial charge in [0, 0.05) is 51.4 Å². The van der Waals surface area contributed by atoms with E-state index < -0.39 is 0 Å². The number of carbonyl (C=O) groups is 2. The predicted octanol–water partition coefficient (Wildman–Crippen LogP) is 4.98. The number of benzene rings is 1. The molecular formula is C31H42ClN5O3. The van der Waals surface area contributed by atoms with Gasteiger partial charge in [-0.3, -0.25) is 4.79 Å². The maximum absolute atomic E-state index is 13.7. The summed E-state index contributed by atoms with van der Waals surface area (Å²) in [7, 11) is 0. The number of nitrogens with zero attached hydrogens (tertiary/aromatic N) is 4. The van der Waals surface area contributed by atoms with Crippen molar-refractivity contribution in [3.8, 4) is 0 Å². The summed E-state index contributed by atoms with van der Waals surface area (Å²) in [5.41, 5.74) is 3.30. The number of aryl methyl sites for hydroxylation is 2. The third-order valence-electron chi connectivity index (χ3n) is 8.81. The van der Waals surface area contributed by atoms with E-state index in [2.05, 4.69) is 51.3 Å². The van der Waals surface area contributed by atoms with E-state index in [9.17, 15) is 9.59 Å². The Hall–Kier alpha value is -2.68. The van der Waals surface area contributed by atoms with Crippen molar-refractivity contribution in [2.75, 3.05) is 39.3 Å². The maximum Gasteiger partial charge on any atom is 0.321 e. The first kappa shape index (κ1) is 28.8. The fourth-order valence-electron chi connectivity index (χ4n) is 6.61. The SMILES string of the molecule is Cc1cc(Cl)nc(C)c1C(=O)NCCC(C)N1CCC(N2C(=O)N(CC3CCCO3)C[C@H]2c2ccccc2)CC1. The summed E-state index contributed by atoms with van der Waals surface area (Å²) >= 11 is 6.02. The Bertz CT molecular complexity index is 1160. The van der Waals surface area contributed by atoms with Gasteiger partial charge in [0.2, 0.25) is 0 Å². The van der Waals surface area contributed by atoms with Gasteiger partial charge in [0.1, 0.15) is 5.15 Å². The molecule has 4 heterocycles. The molecule has 2 aromatic rings. The minimum atomic E-state index is -0.0999. The molecule has 2 unspecified atom stereocenters. The second kappa shape index (κ2) is 12.9. The van der Waals surface area contributed by atoms with Crippen LogP contribution in [0, 0.1) is 13.8 Å². The fourth-order valence-corrected chi connectivity index (χ4v) is 6.90. The lowest BCUT2D eigenvalue weighted by Gasteiger charge is -2.41. The molecule has 1 N–H and O–H groups in total. The van der Waals surface area contributed by atoms with E-state index in [0.29, 0.717) is 35.5 Å². The molecule has 5 rings (SSSR count). The van der Waals surface area contributed by atoms with E-state index in [0.717, 1.165) is 63.9 Å². The molecule has 0 radical (unpaired) electrons. The van der Waals surface area contributed by atoms with Crippen LogP contribution >= 0.6 is 11.6 Å². The number of ether oxygens (including phenoxy) is 1. The second-order valence-corrected chi connectivity index (χ2v) is 11.9. The van der Waals surface area contributed by atoms with Crippen LogP contribution in [0.2, 0.25) is 5.15 Å². The standard InChI is InChI=1S/C31H42ClN5O3/c1-21-18-28(32)34-23(3)29(21)30(38)33-14-11-22(2)35-15-12-25(13-16-35)37-27(24-8-5-4-6-9-24)20-36(31(37)39)19-26-10-7-17-40-26/h4-6,8-9,18,22,25-27H,7,10-17,19-20H2,1-3H3,(H,33,38)/t22?,26?,27-/m0/s1. The number of aromatic nitrogens is 1. The highest BCUT2D eigenvalue weighted by molar-refractivity contribution is 6.29. The van der Waals surface area contributed by atoms with Crippen LogP contribution in [-0.2, 0) is 4.74 Å². The highest BCUT2D eigenvalue weighted by Gasteiger charge is 2.43. The number of likely N-dealkylation sites (tertiary alicyclic amines) is 1. The quantitative estimate of drug-likeness (QED) is 0.432. The number of nitrogens with one attached hydrogen (secondary N) is 1. The van der Waals surface area contributed by atoms with Crippen molar-refractivity contribution in [2.24, 2.45) is 0 Å². The van der Waals surface area contributed by atoms with Gasteiger partial charge in [-0.15, -0.1) is 0 Å². The average molecular weight is 568 g/mol. The molecule has 0 bridgehead atoms. The zero-order valence-electron chi connectivity index (χ0n) is 23.9. The van der Waals surface area contributed by atoms with Gasteiger partial charge in [0.25, 0.3) is 5.91 Å². The van der Waals surface area contributed by atoms with Crippen molar-refractivity contribution in [3.05, 3.63) is 63.9 Å². The van der Waals surface area contributed by atoms with Crippen molar-refractivity contribution in [3.63, 3.8) is 0 Å². The number of urea groups is 1. The Balaban J connectivity index is 1.15. The van der Waals surface area contributed by atoms with Crippen molar-refractivity contribution in [1.82, 2.24) is 25.0 Å². The van der Waals surface area contributed by atoms with Crippen LogP contribution in [0.15, 0.2) is 36.4 Å². The smallest absolute Gasteiger partial charge is 0.321 e. The van der Waals surface area contributed by atoms with E-state index in [1.54, 1.807) is 6.07 Å². The minimum Gasteiger partial charge on any atom is -0.376 e. The molecule has 8 nitrogen and oxygen atoms in total. The van der Waals surface area contributed by atoms with Gasteiger partial charge in [-0.25, -0.2) is 9.78 Å². The van der Waals surface area contributed by atoms with Crippen molar-refractivity contribution >= 4 is 23.5 Å². The van der Waals surface area contributed by atoms with Crippen LogP contribution in [0.3, 0.4) is 0 Å². The van der Waals surface area contributed by atoms with Crippen LogP contribution < -0.4 is 5.32 Å². The molecule has 0 saturated carbocycles. The first-order valence-corrected chi connectivity index (χ1v) is 15.1. The first-order valence-electron chi connectivity index (χ1n) is 14.7. The van der Waals surface area contributed by atoms with Gasteiger partial charge in [-0.2, -0.15) is 0 Å². The summed E-state index contributed by atoms with van der Waals surface area (Å²) in [6.45, 7) is 10.6. The molecule has 216 valence electrons. The number of carbonyl (C=O) groups excluding carboxylic acids is 2. The molecule has 3 saturated heterocycles. The van der Waals surface area contributed by atoms with Crippen LogP contribution in [0.4, 0.5) is 4.79 Å². The van der Waals surface area contributed by atoms with E-state index in [-0.39, 0.29) is 30.1 Å². The molecule has 40 heavy (non-hydrogen) atoms. The van der Waals surface area contributed by atoms with E-state index >= 15 is 0 Å². The molecule has 1 aromatic heterocycles. The van der Waals surface area contributed by atoms with E-state index in [4.69, 9.17) is 16.3 Å². The monoisotopic (exact) mass is 567 g/mol. The van der Waals surface area contributed by atoms with Crippen molar-refractivity contribution < 1.29 is 14.3 Å². The Labute approximate surface area is 243 Å². The van der Waals surface area contributed by atoms with Gasteiger partial charge in [-0.1, -0.05) is 41.9 Å². The lowest BCUT2D eigenvalue weighted by Crippen LogP contribution is -2.49. The molecule has 3 fully saturated rings. The van der Waals surface area contributed by atoms with Crippen LogP contribution in [0.25, 0.3) is 0 Å². The topological polar surface area (TPSA) is 78.0 Å². The van der Waals surface area contributed by atoms with E-state index in [1.165, 1.54) is 5.56 Å². The zero-order chi connectivity index (χ0) is 28.2. The molecule has 3 atom stereocenters. The Morgan fingerprint density at radius 1 is 1.18 bits per heavy atom. The van der Waals surface area contributed by atoms with Crippen LogP contribution in [0.1, 0.15) is 72.2 Å². The van der Waals surface area contributed by atoms with Crippen LogP contribution in [-0.4, -0.2) is 89.1 Å². The number of rotatable bonds is 9. The largest absolute Gasteiger partial charge is 0.376 e. The molecule has 9 heteroatoms. The lowest BCUT2D eigenvalue weighted by atomic mass is 9.98. The number of hydrogen-bond donors (Lipinski definition) is 1. The Morgan fingerprint density at radius 2 is 1.93 bits per heavy atom. The number of hydrogen-bond acceptors (Lipinski definition) is 5. The number of pyridine rings is 1. The van der Waals surface area contributed by atoms with Crippen molar-refractivity contribution in [2.45, 2.75) is 77.1 Å². The highest BCUT2D eigenvalue weighted by Crippen LogP contribution is 2.35. The molecule has 3 aliphatic rings. The second-order valence-electron chi connectivity index (χ2n) is 11.5. The summed E-state index contributed by atoms with van der Waals surface area (Å²) in [4.78, 5) is 37.4. The third-order valence-corrected chi connectivity index (χ3v) is 9.00. The van der Waals surface area contributed by atoms with Crippen LogP contribution in [0.5, 0.6) is 0 Å². The fraction of sp³-hybridized carbons (Fsp3) is 0.581. The molecule has 3 amide bonds. The Kier molecular flexibility index (Phi) is 9.28. The summed E-state index contributed by atoms with van der Waals surface area (Å²) in [6, 6.07) is 13.0. The van der Waals surface area contributed by atoms with Gasteiger partial charge in [0.05, 0.1) is 23.4 Å². The van der Waals surface area contributed by atoms with Crippen molar-refractivity contribution in [1.29, 1.82) is 0 Å². The molecule has 1 aromatic carbocycles. The minimum absolute atomic E-state index is 0.0774. The lowest BCUT2D eigenvalue weighted by molar-refractivity contribution is 0.0792. The summed E-state index contributed by atoms with van der Waals surface area (Å²) in [5.74, 6) is -0.0999. The number of halogens is 1. The normalized spacial score (nSPS) is 23.1. The molecule has 0 aliphatic carbocycles. The van der Waals surface area contributed by atoms with Gasteiger partial charge in [0.15, 0.2) is 0 Å². The van der Waals surface area contributed by atoms with E-state index in [1.807, 2.05) is 24.8 Å². The third kappa shape index (κ3) is 6.45. The van der Waals surface area contributed by atoms with Gasteiger partial charge in [-0.05, 0) is 70.1 Å². The maximum atomic E-state index is 13.7. The molecule has 3 aliphatic heterocycles. The summed E-state index contributed by atoms with van der Waals surface area (Å²) in [6.07, 6.45) is 5.04. The average Bonchev–Trinajstić information content (AvgIpc) is 3.56. The number of piperidine rings is 1. The highest BCUT2D eigenvalue weighted by atomic mass is 35.5.